The number of nitrogens with zero attached hydrogens (tertiary/aromatic N) is 1. The van der Waals surface area contributed by atoms with Gasteiger partial charge in [0, 0.05) is 37.2 Å². The summed E-state index contributed by atoms with van der Waals surface area (Å²) in [6.07, 6.45) is 2.24. The molecule has 2 N–H and O–H groups in total. The number of halogens is 2. The highest BCUT2D eigenvalue weighted by atomic mass is 19.2. The molecule has 2 aromatic carbocycles. The summed E-state index contributed by atoms with van der Waals surface area (Å²) in [5.74, 6) is -0.559. The van der Waals surface area contributed by atoms with Gasteiger partial charge in [-0.25, -0.2) is 8.78 Å². The number of rotatable bonds is 4. The zero-order valence-corrected chi connectivity index (χ0v) is 15.7. The van der Waals surface area contributed by atoms with E-state index in [1.165, 1.54) is 17.2 Å². The second-order valence-electron chi connectivity index (χ2n) is 7.92. The topological polar surface area (TPSA) is 27.3 Å². The van der Waals surface area contributed by atoms with Crippen LogP contribution in [0.25, 0.3) is 0 Å². The molecule has 0 amide bonds. The summed E-state index contributed by atoms with van der Waals surface area (Å²) in [6.45, 7) is 5.35. The second kappa shape index (κ2) is 8.05. The van der Waals surface area contributed by atoms with Gasteiger partial charge in [-0.15, -0.1) is 0 Å². The molecule has 144 valence electrons. The first-order chi connectivity index (χ1) is 13.1. The molecular formula is C22H27F2N3. The first-order valence-electron chi connectivity index (χ1n) is 9.82. The van der Waals surface area contributed by atoms with E-state index >= 15 is 0 Å². The van der Waals surface area contributed by atoms with Crippen LogP contribution in [-0.2, 0) is 6.54 Å². The van der Waals surface area contributed by atoms with Crippen molar-refractivity contribution >= 4 is 0 Å². The van der Waals surface area contributed by atoms with E-state index < -0.39 is 11.6 Å². The van der Waals surface area contributed by atoms with Gasteiger partial charge in [0.05, 0.1) is 0 Å². The fraction of sp³-hybridized carbons (Fsp3) is 0.455. The SMILES string of the molecule is Cc1cccc(C2CNNC2C2CCCN(Cc3cccc(F)c3F)C2)c1. The molecule has 2 fully saturated rings. The van der Waals surface area contributed by atoms with Crippen LogP contribution in [0.2, 0.25) is 0 Å². The Morgan fingerprint density at radius 2 is 2.00 bits per heavy atom. The molecule has 3 unspecified atom stereocenters. The molecule has 5 heteroatoms. The van der Waals surface area contributed by atoms with Crippen molar-refractivity contribution < 1.29 is 8.78 Å². The number of hydrogen-bond acceptors (Lipinski definition) is 3. The minimum absolute atomic E-state index is 0.354. The van der Waals surface area contributed by atoms with E-state index in [0.29, 0.717) is 30.0 Å². The Hall–Kier alpha value is -1.82. The van der Waals surface area contributed by atoms with Crippen LogP contribution in [0.3, 0.4) is 0 Å². The molecule has 0 aliphatic carbocycles. The van der Waals surface area contributed by atoms with Crippen LogP contribution >= 0.6 is 0 Å². The van der Waals surface area contributed by atoms with Crippen molar-refractivity contribution in [3.63, 3.8) is 0 Å². The van der Waals surface area contributed by atoms with E-state index in [4.69, 9.17) is 0 Å². The summed E-state index contributed by atoms with van der Waals surface area (Å²) in [7, 11) is 0. The molecule has 2 aliphatic heterocycles. The number of hydrazine groups is 1. The first-order valence-corrected chi connectivity index (χ1v) is 9.82. The largest absolute Gasteiger partial charge is 0.299 e. The zero-order valence-electron chi connectivity index (χ0n) is 15.7. The van der Waals surface area contributed by atoms with E-state index in [9.17, 15) is 8.78 Å². The predicted molar refractivity (Wildman–Crippen MR) is 103 cm³/mol. The summed E-state index contributed by atoms with van der Waals surface area (Å²) in [4.78, 5) is 2.26. The zero-order chi connectivity index (χ0) is 18.8. The molecule has 2 aromatic rings. The standard InChI is InChI=1S/C22H27F2N3/c1-15-5-2-6-16(11-15)19-12-25-26-22(19)18-8-4-10-27(14-18)13-17-7-3-9-20(23)21(17)24/h2-3,5-7,9,11,18-19,22,25-26H,4,8,10,12-14H2,1H3. The van der Waals surface area contributed by atoms with E-state index in [0.717, 1.165) is 32.5 Å². The molecule has 2 heterocycles. The van der Waals surface area contributed by atoms with Crippen LogP contribution < -0.4 is 10.9 Å². The summed E-state index contributed by atoms with van der Waals surface area (Å²) in [5, 5.41) is 0. The maximum atomic E-state index is 14.1. The summed E-state index contributed by atoms with van der Waals surface area (Å²) in [5.41, 5.74) is 9.93. The molecule has 2 saturated heterocycles. The van der Waals surface area contributed by atoms with Gasteiger partial charge in [0.1, 0.15) is 0 Å². The van der Waals surface area contributed by atoms with Crippen molar-refractivity contribution in [3.8, 4) is 0 Å². The van der Waals surface area contributed by atoms with E-state index in [2.05, 4.69) is 46.9 Å². The minimum Gasteiger partial charge on any atom is -0.299 e. The van der Waals surface area contributed by atoms with Gasteiger partial charge < -0.3 is 0 Å². The number of benzene rings is 2. The summed E-state index contributed by atoms with van der Waals surface area (Å²) < 4.78 is 27.6. The third-order valence-electron chi connectivity index (χ3n) is 5.97. The van der Waals surface area contributed by atoms with Crippen molar-refractivity contribution in [1.82, 2.24) is 15.8 Å². The molecule has 0 saturated carbocycles. The molecule has 0 spiro atoms. The monoisotopic (exact) mass is 371 g/mol. The maximum Gasteiger partial charge on any atom is 0.163 e. The highest BCUT2D eigenvalue weighted by Gasteiger charge is 2.36. The molecule has 4 rings (SSSR count). The number of piperidine rings is 1. The van der Waals surface area contributed by atoms with Crippen LogP contribution in [0.1, 0.15) is 35.4 Å². The number of hydrogen-bond donors (Lipinski definition) is 2. The van der Waals surface area contributed by atoms with Gasteiger partial charge in [-0.3, -0.25) is 15.8 Å². The molecule has 0 aromatic heterocycles. The maximum absolute atomic E-state index is 14.1. The quantitative estimate of drug-likeness (QED) is 0.857. The predicted octanol–water partition coefficient (Wildman–Crippen LogP) is 3.75. The van der Waals surface area contributed by atoms with Crippen LogP contribution in [0, 0.1) is 24.5 Å². The Bertz CT molecular complexity index is 795. The van der Waals surface area contributed by atoms with Crippen molar-refractivity contribution in [1.29, 1.82) is 0 Å². The Kier molecular flexibility index (Phi) is 5.53. The molecule has 0 radical (unpaired) electrons. The minimum atomic E-state index is -0.762. The van der Waals surface area contributed by atoms with Crippen LogP contribution in [0.4, 0.5) is 8.78 Å². The van der Waals surface area contributed by atoms with Gasteiger partial charge in [-0.1, -0.05) is 42.0 Å². The van der Waals surface area contributed by atoms with Gasteiger partial charge in [0.15, 0.2) is 11.6 Å². The molecule has 27 heavy (non-hydrogen) atoms. The summed E-state index contributed by atoms with van der Waals surface area (Å²) >= 11 is 0. The highest BCUT2D eigenvalue weighted by molar-refractivity contribution is 5.28. The lowest BCUT2D eigenvalue weighted by Gasteiger charge is -2.37. The molecule has 3 nitrogen and oxygen atoms in total. The lowest BCUT2D eigenvalue weighted by atomic mass is 9.81. The van der Waals surface area contributed by atoms with Crippen molar-refractivity contribution in [2.24, 2.45) is 5.92 Å². The Balaban J connectivity index is 1.46. The number of nitrogens with one attached hydrogen (secondary N) is 2. The van der Waals surface area contributed by atoms with Crippen LogP contribution in [-0.4, -0.2) is 30.6 Å². The lowest BCUT2D eigenvalue weighted by molar-refractivity contribution is 0.138. The fourth-order valence-corrected chi connectivity index (χ4v) is 4.63. The number of likely N-dealkylation sites (tertiary alicyclic amines) is 1. The smallest absolute Gasteiger partial charge is 0.163 e. The van der Waals surface area contributed by atoms with Crippen molar-refractivity contribution in [3.05, 3.63) is 70.8 Å². The highest BCUT2D eigenvalue weighted by Crippen LogP contribution is 2.32. The molecule has 3 atom stereocenters. The average Bonchev–Trinajstić information content (AvgIpc) is 3.16. The van der Waals surface area contributed by atoms with Gasteiger partial charge in [0.25, 0.3) is 0 Å². The Morgan fingerprint density at radius 3 is 2.85 bits per heavy atom. The fourth-order valence-electron chi connectivity index (χ4n) is 4.63. The van der Waals surface area contributed by atoms with Gasteiger partial charge in [-0.2, -0.15) is 0 Å². The Labute approximate surface area is 159 Å². The average molecular weight is 371 g/mol. The third kappa shape index (κ3) is 4.05. The van der Waals surface area contributed by atoms with Crippen LogP contribution in [0.5, 0.6) is 0 Å². The van der Waals surface area contributed by atoms with Crippen LogP contribution in [0.15, 0.2) is 42.5 Å². The summed E-state index contributed by atoms with van der Waals surface area (Å²) in [6, 6.07) is 13.5. The first kappa shape index (κ1) is 18.5. The normalized spacial score (nSPS) is 26.4. The second-order valence-corrected chi connectivity index (χ2v) is 7.92. The van der Waals surface area contributed by atoms with E-state index in [1.54, 1.807) is 12.1 Å². The molecule has 0 bridgehead atoms. The molecular weight excluding hydrogens is 344 g/mol. The van der Waals surface area contributed by atoms with Gasteiger partial charge in [-0.05, 0) is 43.9 Å². The Morgan fingerprint density at radius 1 is 1.15 bits per heavy atom. The van der Waals surface area contributed by atoms with E-state index in [-0.39, 0.29) is 0 Å². The lowest BCUT2D eigenvalue weighted by Crippen LogP contribution is -2.46. The van der Waals surface area contributed by atoms with Gasteiger partial charge in [0.2, 0.25) is 0 Å². The third-order valence-corrected chi connectivity index (χ3v) is 5.97. The van der Waals surface area contributed by atoms with Gasteiger partial charge >= 0.3 is 0 Å². The van der Waals surface area contributed by atoms with Crippen molar-refractivity contribution in [2.75, 3.05) is 19.6 Å². The molecule has 2 aliphatic rings. The van der Waals surface area contributed by atoms with Crippen molar-refractivity contribution in [2.45, 2.75) is 38.3 Å². The van der Waals surface area contributed by atoms with E-state index in [1.807, 2.05) is 0 Å². The number of aryl methyl sites for hydroxylation is 1.